The summed E-state index contributed by atoms with van der Waals surface area (Å²) in [4.78, 5) is 14.9. The number of rotatable bonds is 6. The summed E-state index contributed by atoms with van der Waals surface area (Å²) in [6.45, 7) is 7.21. The van der Waals surface area contributed by atoms with Crippen LogP contribution in [0.5, 0.6) is 0 Å². The molecule has 4 heteroatoms. The van der Waals surface area contributed by atoms with Gasteiger partial charge in [-0.1, -0.05) is 48.0 Å². The maximum absolute atomic E-state index is 13.0. The van der Waals surface area contributed by atoms with Crippen LogP contribution in [0.25, 0.3) is 0 Å². The third-order valence-electron chi connectivity index (χ3n) is 4.47. The van der Waals surface area contributed by atoms with E-state index in [1.807, 2.05) is 72.0 Å². The lowest BCUT2D eigenvalue weighted by molar-refractivity contribution is -0.119. The number of aryl methyl sites for hydroxylation is 4. The first-order valence-corrected chi connectivity index (χ1v) is 8.95. The highest BCUT2D eigenvalue weighted by Crippen LogP contribution is 2.19. The highest BCUT2D eigenvalue weighted by molar-refractivity contribution is 5.93. The summed E-state index contributed by atoms with van der Waals surface area (Å²) in [5, 5.41) is 4.46. The lowest BCUT2D eigenvalue weighted by atomic mass is 10.1. The standard InChI is InChI=1S/C22H25N3O/c1-17-9-11-21(12-10-17)24(16-20-7-5-4-6-8-20)22(26)13-14-25-19(3)15-18(2)23-25/h4-12,15H,13-14,16H2,1-3H3. The first-order chi connectivity index (χ1) is 12.5. The Balaban J connectivity index is 1.78. The van der Waals surface area contributed by atoms with Crippen LogP contribution in [0, 0.1) is 20.8 Å². The molecule has 1 heterocycles. The number of carbonyl (C=O) groups excluding carboxylic acids is 1. The van der Waals surface area contributed by atoms with E-state index >= 15 is 0 Å². The minimum absolute atomic E-state index is 0.102. The van der Waals surface area contributed by atoms with Crippen molar-refractivity contribution >= 4 is 11.6 Å². The largest absolute Gasteiger partial charge is 0.308 e. The molecule has 3 aromatic rings. The van der Waals surface area contributed by atoms with Crippen molar-refractivity contribution in [3.63, 3.8) is 0 Å². The average Bonchev–Trinajstić information content (AvgIpc) is 2.97. The molecule has 134 valence electrons. The molecule has 3 rings (SSSR count). The molecule has 26 heavy (non-hydrogen) atoms. The normalized spacial score (nSPS) is 10.7. The molecule has 0 radical (unpaired) electrons. The maximum Gasteiger partial charge on any atom is 0.229 e. The van der Waals surface area contributed by atoms with Crippen molar-refractivity contribution in [2.24, 2.45) is 0 Å². The van der Waals surface area contributed by atoms with E-state index in [4.69, 9.17) is 0 Å². The van der Waals surface area contributed by atoms with Gasteiger partial charge in [0, 0.05) is 24.3 Å². The van der Waals surface area contributed by atoms with Gasteiger partial charge in [-0.3, -0.25) is 9.48 Å². The molecule has 0 N–H and O–H groups in total. The highest BCUT2D eigenvalue weighted by Gasteiger charge is 2.17. The fraction of sp³-hybridized carbons (Fsp3) is 0.273. The Hall–Kier alpha value is -2.88. The summed E-state index contributed by atoms with van der Waals surface area (Å²) in [5.74, 6) is 0.102. The van der Waals surface area contributed by atoms with Crippen LogP contribution in [-0.2, 0) is 17.9 Å². The van der Waals surface area contributed by atoms with Gasteiger partial charge in [0.25, 0.3) is 0 Å². The molecule has 0 saturated heterocycles. The van der Waals surface area contributed by atoms with Gasteiger partial charge in [-0.2, -0.15) is 5.10 Å². The van der Waals surface area contributed by atoms with Crippen LogP contribution in [0.3, 0.4) is 0 Å². The van der Waals surface area contributed by atoms with E-state index in [1.54, 1.807) is 0 Å². The Kier molecular flexibility index (Phi) is 5.52. The quantitative estimate of drug-likeness (QED) is 0.661. The minimum Gasteiger partial charge on any atom is -0.308 e. The van der Waals surface area contributed by atoms with E-state index in [1.165, 1.54) is 5.56 Å². The van der Waals surface area contributed by atoms with Crippen LogP contribution in [0.1, 0.15) is 28.9 Å². The molecule has 0 aliphatic carbocycles. The maximum atomic E-state index is 13.0. The van der Waals surface area contributed by atoms with Gasteiger partial charge in [0.1, 0.15) is 0 Å². The zero-order valence-corrected chi connectivity index (χ0v) is 15.6. The van der Waals surface area contributed by atoms with Crippen molar-refractivity contribution in [1.82, 2.24) is 9.78 Å². The number of nitrogens with zero attached hydrogens (tertiary/aromatic N) is 3. The molecule has 1 amide bonds. The van der Waals surface area contributed by atoms with Crippen LogP contribution < -0.4 is 4.90 Å². The summed E-state index contributed by atoms with van der Waals surface area (Å²) < 4.78 is 1.91. The average molecular weight is 347 g/mol. The van der Waals surface area contributed by atoms with Crippen LogP contribution >= 0.6 is 0 Å². The number of hydrogen-bond acceptors (Lipinski definition) is 2. The topological polar surface area (TPSA) is 38.1 Å². The molecule has 0 atom stereocenters. The molecular formula is C22H25N3O. The van der Waals surface area contributed by atoms with E-state index < -0.39 is 0 Å². The van der Waals surface area contributed by atoms with Gasteiger partial charge in [-0.15, -0.1) is 0 Å². The van der Waals surface area contributed by atoms with Crippen LogP contribution in [0.4, 0.5) is 5.69 Å². The zero-order valence-electron chi connectivity index (χ0n) is 15.6. The Morgan fingerprint density at radius 3 is 2.31 bits per heavy atom. The van der Waals surface area contributed by atoms with Gasteiger partial charge in [0.15, 0.2) is 0 Å². The predicted molar refractivity (Wildman–Crippen MR) is 105 cm³/mol. The summed E-state index contributed by atoms with van der Waals surface area (Å²) in [7, 11) is 0. The number of amides is 1. The monoisotopic (exact) mass is 347 g/mol. The molecule has 0 bridgehead atoms. The summed E-state index contributed by atoms with van der Waals surface area (Å²) in [6, 6.07) is 20.2. The molecule has 0 aliphatic rings. The minimum atomic E-state index is 0.102. The van der Waals surface area contributed by atoms with Gasteiger partial charge in [-0.25, -0.2) is 0 Å². The molecule has 0 saturated carbocycles. The van der Waals surface area contributed by atoms with Crippen molar-refractivity contribution in [1.29, 1.82) is 0 Å². The SMILES string of the molecule is Cc1ccc(N(Cc2ccccc2)C(=O)CCn2nc(C)cc2C)cc1. The Morgan fingerprint density at radius 1 is 1.00 bits per heavy atom. The first-order valence-electron chi connectivity index (χ1n) is 8.95. The summed E-state index contributed by atoms with van der Waals surface area (Å²) >= 11 is 0. The first kappa shape index (κ1) is 17.9. The smallest absolute Gasteiger partial charge is 0.229 e. The third kappa shape index (κ3) is 4.39. The van der Waals surface area contributed by atoms with Gasteiger partial charge >= 0.3 is 0 Å². The second kappa shape index (κ2) is 8.00. The second-order valence-electron chi connectivity index (χ2n) is 6.70. The van der Waals surface area contributed by atoms with Crippen molar-refractivity contribution in [2.75, 3.05) is 4.90 Å². The van der Waals surface area contributed by atoms with Gasteiger partial charge in [-0.05, 0) is 44.5 Å². The van der Waals surface area contributed by atoms with Crippen LogP contribution in [0.2, 0.25) is 0 Å². The van der Waals surface area contributed by atoms with E-state index in [2.05, 4.69) is 24.2 Å². The van der Waals surface area contributed by atoms with Crippen molar-refractivity contribution in [3.05, 3.63) is 83.2 Å². The molecular weight excluding hydrogens is 322 g/mol. The molecule has 0 fully saturated rings. The Bertz CT molecular complexity index is 866. The Morgan fingerprint density at radius 2 is 1.69 bits per heavy atom. The third-order valence-corrected chi connectivity index (χ3v) is 4.47. The fourth-order valence-electron chi connectivity index (χ4n) is 3.05. The Labute approximate surface area is 155 Å². The van der Waals surface area contributed by atoms with E-state index in [0.29, 0.717) is 19.5 Å². The van der Waals surface area contributed by atoms with Crippen molar-refractivity contribution < 1.29 is 4.79 Å². The lowest BCUT2D eigenvalue weighted by Crippen LogP contribution is -2.31. The van der Waals surface area contributed by atoms with E-state index in [-0.39, 0.29) is 5.91 Å². The molecule has 0 spiro atoms. The number of aromatic nitrogens is 2. The van der Waals surface area contributed by atoms with Crippen LogP contribution in [0.15, 0.2) is 60.7 Å². The van der Waals surface area contributed by atoms with E-state index in [0.717, 1.165) is 22.6 Å². The lowest BCUT2D eigenvalue weighted by Gasteiger charge is -2.23. The number of anilines is 1. The van der Waals surface area contributed by atoms with Crippen LogP contribution in [-0.4, -0.2) is 15.7 Å². The number of hydrogen-bond donors (Lipinski definition) is 0. The van der Waals surface area contributed by atoms with Gasteiger partial charge < -0.3 is 4.90 Å². The predicted octanol–water partition coefficient (Wildman–Crippen LogP) is 4.43. The molecule has 4 nitrogen and oxygen atoms in total. The summed E-state index contributed by atoms with van der Waals surface area (Å²) in [5.41, 5.74) is 5.30. The number of benzene rings is 2. The van der Waals surface area contributed by atoms with Gasteiger partial charge in [0.05, 0.1) is 12.2 Å². The molecule has 0 aliphatic heterocycles. The van der Waals surface area contributed by atoms with E-state index in [9.17, 15) is 4.79 Å². The molecule has 2 aromatic carbocycles. The second-order valence-corrected chi connectivity index (χ2v) is 6.70. The summed E-state index contributed by atoms with van der Waals surface area (Å²) in [6.07, 6.45) is 0.419. The van der Waals surface area contributed by atoms with Crippen molar-refractivity contribution in [2.45, 2.75) is 40.3 Å². The van der Waals surface area contributed by atoms with Gasteiger partial charge in [0.2, 0.25) is 5.91 Å². The zero-order chi connectivity index (χ0) is 18.5. The fourth-order valence-corrected chi connectivity index (χ4v) is 3.05. The highest BCUT2D eigenvalue weighted by atomic mass is 16.2. The molecule has 0 unspecified atom stereocenters. The number of carbonyl (C=O) groups is 1. The molecule has 1 aromatic heterocycles. The van der Waals surface area contributed by atoms with Crippen molar-refractivity contribution in [3.8, 4) is 0 Å².